The van der Waals surface area contributed by atoms with Crippen molar-refractivity contribution >= 4 is 10.8 Å². The van der Waals surface area contributed by atoms with Crippen molar-refractivity contribution in [3.63, 3.8) is 0 Å². The van der Waals surface area contributed by atoms with Crippen molar-refractivity contribution in [2.45, 2.75) is 13.8 Å². The summed E-state index contributed by atoms with van der Waals surface area (Å²) in [7, 11) is 0. The molecule has 0 spiro atoms. The van der Waals surface area contributed by atoms with E-state index in [0.29, 0.717) is 0 Å². The number of rotatable bonds is 0. The molecule has 0 amide bonds. The van der Waals surface area contributed by atoms with Gasteiger partial charge in [0.1, 0.15) is 0 Å². The third kappa shape index (κ3) is 1.15. The van der Waals surface area contributed by atoms with E-state index >= 15 is 0 Å². The molecule has 2 nitrogen and oxygen atoms in total. The Morgan fingerprint density at radius 2 is 1.85 bits per heavy atom. The lowest BCUT2D eigenvalue weighted by molar-refractivity contribution is -0.611. The van der Waals surface area contributed by atoms with Gasteiger partial charge in [-0.1, -0.05) is 18.2 Å². The second kappa shape index (κ2) is 2.73. The summed E-state index contributed by atoms with van der Waals surface area (Å²) in [6.45, 7) is 3.82. The van der Waals surface area contributed by atoms with Gasteiger partial charge in [-0.25, -0.2) is 0 Å². The van der Waals surface area contributed by atoms with E-state index in [9.17, 15) is 5.21 Å². The van der Waals surface area contributed by atoms with Gasteiger partial charge in [0, 0.05) is 17.9 Å². The zero-order valence-corrected chi connectivity index (χ0v) is 7.74. The van der Waals surface area contributed by atoms with Crippen molar-refractivity contribution in [2.75, 3.05) is 0 Å². The molecule has 0 aliphatic heterocycles. The summed E-state index contributed by atoms with van der Waals surface area (Å²) in [5.41, 5.74) is 1.84. The molecule has 0 atom stereocenters. The molecule has 0 fully saturated rings. The van der Waals surface area contributed by atoms with Crippen LogP contribution in [0.2, 0.25) is 0 Å². The minimum atomic E-state index is 0.777. The van der Waals surface area contributed by atoms with Crippen LogP contribution in [0.3, 0.4) is 0 Å². The molecule has 66 valence electrons. The van der Waals surface area contributed by atoms with Crippen LogP contribution in [0.4, 0.5) is 0 Å². The molecule has 13 heavy (non-hydrogen) atoms. The molecular weight excluding hydrogens is 162 g/mol. The summed E-state index contributed by atoms with van der Waals surface area (Å²) < 4.78 is 0.928. The maximum atomic E-state index is 11.4. The number of benzene rings is 1. The normalized spacial score (nSPS) is 10.6. The Kier molecular flexibility index (Phi) is 1.69. The van der Waals surface area contributed by atoms with Gasteiger partial charge in [-0.2, -0.15) is 4.73 Å². The molecule has 0 saturated heterocycles. The predicted molar refractivity (Wildman–Crippen MR) is 52.4 cm³/mol. The highest BCUT2D eigenvalue weighted by molar-refractivity contribution is 5.84. The zero-order valence-electron chi connectivity index (χ0n) is 7.74. The lowest BCUT2D eigenvalue weighted by Crippen LogP contribution is -2.30. The SMILES string of the molecule is Cc1c(C)[n+]([O-])cc2ccccc12. The van der Waals surface area contributed by atoms with Crippen LogP contribution in [0.1, 0.15) is 11.3 Å². The summed E-state index contributed by atoms with van der Waals surface area (Å²) in [6, 6.07) is 7.93. The number of hydrogen-bond donors (Lipinski definition) is 0. The smallest absolute Gasteiger partial charge is 0.193 e. The van der Waals surface area contributed by atoms with Crippen LogP contribution in [0.15, 0.2) is 30.5 Å². The van der Waals surface area contributed by atoms with Crippen LogP contribution < -0.4 is 4.73 Å². The van der Waals surface area contributed by atoms with Gasteiger partial charge in [0.15, 0.2) is 11.9 Å². The van der Waals surface area contributed by atoms with Crippen LogP contribution in [-0.4, -0.2) is 0 Å². The Labute approximate surface area is 77.0 Å². The molecule has 1 heterocycles. The van der Waals surface area contributed by atoms with Crippen molar-refractivity contribution in [1.29, 1.82) is 0 Å². The van der Waals surface area contributed by atoms with E-state index in [1.54, 1.807) is 6.20 Å². The molecular formula is C11H11NO. The van der Waals surface area contributed by atoms with Crippen LogP contribution in [0.5, 0.6) is 0 Å². The molecule has 2 heteroatoms. The number of aryl methyl sites for hydroxylation is 1. The molecule has 0 saturated carbocycles. The summed E-state index contributed by atoms with van der Waals surface area (Å²) in [4.78, 5) is 0. The number of aromatic nitrogens is 1. The first-order valence-corrected chi connectivity index (χ1v) is 4.28. The van der Waals surface area contributed by atoms with Gasteiger partial charge in [-0.05, 0) is 18.4 Å². The van der Waals surface area contributed by atoms with Crippen LogP contribution in [0.25, 0.3) is 10.8 Å². The van der Waals surface area contributed by atoms with E-state index in [4.69, 9.17) is 0 Å². The minimum absolute atomic E-state index is 0.777. The second-order valence-corrected chi connectivity index (χ2v) is 3.25. The monoisotopic (exact) mass is 173 g/mol. The Morgan fingerprint density at radius 1 is 1.15 bits per heavy atom. The van der Waals surface area contributed by atoms with E-state index in [-0.39, 0.29) is 0 Å². The highest BCUT2D eigenvalue weighted by atomic mass is 16.5. The van der Waals surface area contributed by atoms with Crippen molar-refractivity contribution in [3.8, 4) is 0 Å². The quantitative estimate of drug-likeness (QED) is 0.442. The van der Waals surface area contributed by atoms with Gasteiger partial charge in [-0.3, -0.25) is 0 Å². The average Bonchev–Trinajstić information content (AvgIpc) is 2.15. The summed E-state index contributed by atoms with van der Waals surface area (Å²) >= 11 is 0. The molecule has 0 N–H and O–H groups in total. The highest BCUT2D eigenvalue weighted by Crippen LogP contribution is 2.17. The highest BCUT2D eigenvalue weighted by Gasteiger charge is 2.07. The largest absolute Gasteiger partial charge is 0.618 e. The lowest BCUT2D eigenvalue weighted by Gasteiger charge is -2.06. The molecule has 2 rings (SSSR count). The van der Waals surface area contributed by atoms with Gasteiger partial charge in [0.2, 0.25) is 0 Å². The van der Waals surface area contributed by atoms with E-state index in [0.717, 1.165) is 26.8 Å². The third-order valence-electron chi connectivity index (χ3n) is 2.49. The molecule has 0 aliphatic carbocycles. The van der Waals surface area contributed by atoms with Crippen LogP contribution >= 0.6 is 0 Å². The molecule has 0 bridgehead atoms. The van der Waals surface area contributed by atoms with Crippen molar-refractivity contribution in [2.24, 2.45) is 0 Å². The number of nitrogens with zero attached hydrogens (tertiary/aromatic N) is 1. The maximum absolute atomic E-state index is 11.4. The fourth-order valence-corrected chi connectivity index (χ4v) is 1.53. The first-order chi connectivity index (χ1) is 6.20. The van der Waals surface area contributed by atoms with Gasteiger partial charge in [0.25, 0.3) is 0 Å². The van der Waals surface area contributed by atoms with Crippen LogP contribution in [-0.2, 0) is 0 Å². The third-order valence-corrected chi connectivity index (χ3v) is 2.49. The number of fused-ring (bicyclic) bond motifs is 1. The fourth-order valence-electron chi connectivity index (χ4n) is 1.53. The zero-order chi connectivity index (χ0) is 9.42. The van der Waals surface area contributed by atoms with Gasteiger partial charge in [0.05, 0.1) is 0 Å². The van der Waals surface area contributed by atoms with E-state index in [1.165, 1.54) is 0 Å². The average molecular weight is 173 g/mol. The first-order valence-electron chi connectivity index (χ1n) is 4.28. The Bertz CT molecular complexity index is 463. The Hall–Kier alpha value is -1.57. The van der Waals surface area contributed by atoms with Gasteiger partial charge in [-0.15, -0.1) is 0 Å². The van der Waals surface area contributed by atoms with Crippen molar-refractivity contribution in [1.82, 2.24) is 0 Å². The topological polar surface area (TPSA) is 26.9 Å². The summed E-state index contributed by atoms with van der Waals surface area (Å²) in [5.74, 6) is 0. The van der Waals surface area contributed by atoms with Gasteiger partial charge < -0.3 is 5.21 Å². The standard InChI is InChI=1S/C11H11NO/c1-8-9(2)12(13)7-10-5-3-4-6-11(8)10/h3-7H,1-2H3. The Morgan fingerprint density at radius 3 is 2.62 bits per heavy atom. The second-order valence-electron chi connectivity index (χ2n) is 3.25. The van der Waals surface area contributed by atoms with Crippen molar-refractivity contribution in [3.05, 3.63) is 46.9 Å². The molecule has 0 aliphatic rings. The molecule has 2 aromatic rings. The van der Waals surface area contributed by atoms with E-state index in [2.05, 4.69) is 0 Å². The summed E-state index contributed by atoms with van der Waals surface area (Å²) in [6.07, 6.45) is 1.62. The lowest BCUT2D eigenvalue weighted by atomic mass is 10.1. The van der Waals surface area contributed by atoms with E-state index < -0.39 is 0 Å². The fraction of sp³-hybridized carbons (Fsp3) is 0.182. The number of hydrogen-bond acceptors (Lipinski definition) is 1. The maximum Gasteiger partial charge on any atom is 0.193 e. The predicted octanol–water partition coefficient (Wildman–Crippen LogP) is 2.09. The number of pyridine rings is 1. The first kappa shape index (κ1) is 8.05. The summed E-state index contributed by atoms with van der Waals surface area (Å²) in [5, 5.41) is 13.5. The molecule has 1 aromatic heterocycles. The van der Waals surface area contributed by atoms with Gasteiger partial charge >= 0.3 is 0 Å². The molecule has 0 radical (unpaired) electrons. The van der Waals surface area contributed by atoms with E-state index in [1.807, 2.05) is 38.1 Å². The van der Waals surface area contributed by atoms with Crippen LogP contribution in [0, 0.1) is 19.1 Å². The minimum Gasteiger partial charge on any atom is -0.618 e. The Balaban J connectivity index is 2.94. The molecule has 0 unspecified atom stereocenters. The van der Waals surface area contributed by atoms with Crippen molar-refractivity contribution < 1.29 is 4.73 Å². The molecule has 1 aromatic carbocycles.